The van der Waals surface area contributed by atoms with Crippen molar-refractivity contribution in [3.05, 3.63) is 11.1 Å². The van der Waals surface area contributed by atoms with E-state index in [2.05, 4.69) is 22.1 Å². The van der Waals surface area contributed by atoms with Crippen LogP contribution >= 0.6 is 11.8 Å². The van der Waals surface area contributed by atoms with Crippen molar-refractivity contribution in [1.29, 1.82) is 0 Å². The van der Waals surface area contributed by atoms with Crippen molar-refractivity contribution in [2.24, 2.45) is 4.99 Å². The number of unbranched alkanes of at least 4 members (excludes halogenated alkanes) is 1. The molecule has 2 aliphatic rings. The van der Waals surface area contributed by atoms with Gasteiger partial charge in [0, 0.05) is 18.8 Å². The van der Waals surface area contributed by atoms with Crippen LogP contribution in [0.3, 0.4) is 0 Å². The van der Waals surface area contributed by atoms with Crippen molar-refractivity contribution in [3.8, 4) is 0 Å². The number of amides is 1. The van der Waals surface area contributed by atoms with Crippen LogP contribution in [0, 0.1) is 0 Å². The minimum atomic E-state index is 0.119. The third-order valence-corrected chi connectivity index (χ3v) is 3.59. The first kappa shape index (κ1) is 11.5. The topological polar surface area (TPSA) is 44.7 Å². The number of hydrogen-bond donors (Lipinski definition) is 1. The molecule has 0 unspecified atom stereocenters. The molecule has 0 spiro atoms. The van der Waals surface area contributed by atoms with Gasteiger partial charge in [-0.1, -0.05) is 25.1 Å². The molecule has 0 aliphatic carbocycles. The van der Waals surface area contributed by atoms with Crippen molar-refractivity contribution < 1.29 is 4.79 Å². The van der Waals surface area contributed by atoms with Crippen molar-refractivity contribution in [2.75, 3.05) is 19.6 Å². The first-order valence-electron chi connectivity index (χ1n) is 5.75. The molecule has 1 amide bonds. The number of thioether (sulfide) groups is 1. The van der Waals surface area contributed by atoms with E-state index in [1.165, 1.54) is 0 Å². The molecule has 4 nitrogen and oxygen atoms in total. The SMILES string of the molecule is CCCCNC(=O)CC1=CSC2=NCCN12. The minimum Gasteiger partial charge on any atom is -0.356 e. The Labute approximate surface area is 100 Å². The van der Waals surface area contributed by atoms with Gasteiger partial charge in [0.15, 0.2) is 5.17 Å². The molecule has 1 N–H and O–H groups in total. The highest BCUT2D eigenvalue weighted by atomic mass is 32.2. The molecule has 0 aromatic carbocycles. The summed E-state index contributed by atoms with van der Waals surface area (Å²) in [6.45, 7) is 4.69. The molecule has 0 aromatic heterocycles. The highest BCUT2D eigenvalue weighted by molar-refractivity contribution is 8.16. The van der Waals surface area contributed by atoms with Crippen molar-refractivity contribution in [3.63, 3.8) is 0 Å². The molecule has 0 radical (unpaired) electrons. The summed E-state index contributed by atoms with van der Waals surface area (Å²) in [6, 6.07) is 0. The van der Waals surface area contributed by atoms with E-state index in [9.17, 15) is 4.79 Å². The number of amidine groups is 1. The van der Waals surface area contributed by atoms with Crippen LogP contribution in [0.2, 0.25) is 0 Å². The molecular formula is C11H17N3OS. The van der Waals surface area contributed by atoms with Gasteiger partial charge in [-0.15, -0.1) is 0 Å². The normalized spacial score (nSPS) is 18.2. The van der Waals surface area contributed by atoms with E-state index in [1.54, 1.807) is 11.8 Å². The van der Waals surface area contributed by atoms with Gasteiger partial charge in [0.05, 0.1) is 13.0 Å². The average molecular weight is 239 g/mol. The largest absolute Gasteiger partial charge is 0.356 e. The van der Waals surface area contributed by atoms with Crippen molar-refractivity contribution in [2.45, 2.75) is 26.2 Å². The second kappa shape index (κ2) is 5.39. The molecule has 0 fully saturated rings. The minimum absolute atomic E-state index is 0.119. The lowest BCUT2D eigenvalue weighted by Crippen LogP contribution is -2.28. The molecule has 2 rings (SSSR count). The second-order valence-electron chi connectivity index (χ2n) is 3.92. The summed E-state index contributed by atoms with van der Waals surface area (Å²) in [7, 11) is 0. The molecule has 2 aliphatic heterocycles. The molecular weight excluding hydrogens is 222 g/mol. The number of fused-ring (bicyclic) bond motifs is 1. The number of carbonyl (C=O) groups excluding carboxylic acids is 1. The fourth-order valence-corrected chi connectivity index (χ4v) is 2.70. The van der Waals surface area contributed by atoms with Crippen LogP contribution in [0.15, 0.2) is 16.1 Å². The number of carbonyl (C=O) groups is 1. The zero-order valence-corrected chi connectivity index (χ0v) is 10.3. The van der Waals surface area contributed by atoms with Gasteiger partial charge >= 0.3 is 0 Å². The summed E-state index contributed by atoms with van der Waals surface area (Å²) >= 11 is 1.63. The molecule has 88 valence electrons. The van der Waals surface area contributed by atoms with E-state index < -0.39 is 0 Å². The van der Waals surface area contributed by atoms with Gasteiger partial charge in [0.25, 0.3) is 0 Å². The van der Waals surface area contributed by atoms with Gasteiger partial charge in [-0.2, -0.15) is 0 Å². The smallest absolute Gasteiger partial charge is 0.225 e. The number of nitrogens with zero attached hydrogens (tertiary/aromatic N) is 2. The zero-order chi connectivity index (χ0) is 11.4. The van der Waals surface area contributed by atoms with Crippen LogP contribution in [-0.2, 0) is 4.79 Å². The summed E-state index contributed by atoms with van der Waals surface area (Å²) in [6.07, 6.45) is 2.65. The van der Waals surface area contributed by atoms with Crippen LogP contribution in [0.1, 0.15) is 26.2 Å². The number of hydrogen-bond acceptors (Lipinski definition) is 4. The van der Waals surface area contributed by atoms with E-state index in [0.29, 0.717) is 6.42 Å². The summed E-state index contributed by atoms with van der Waals surface area (Å²) in [4.78, 5) is 18.1. The number of nitrogens with one attached hydrogen (secondary N) is 1. The Kier molecular flexibility index (Phi) is 3.88. The van der Waals surface area contributed by atoms with Gasteiger partial charge in [0.1, 0.15) is 0 Å². The predicted octanol–water partition coefficient (Wildman–Crippen LogP) is 1.55. The molecule has 2 heterocycles. The van der Waals surface area contributed by atoms with E-state index in [-0.39, 0.29) is 5.91 Å². The van der Waals surface area contributed by atoms with E-state index in [0.717, 1.165) is 43.3 Å². The highest BCUT2D eigenvalue weighted by Gasteiger charge is 2.27. The summed E-state index contributed by atoms with van der Waals surface area (Å²) in [5.41, 5.74) is 1.09. The van der Waals surface area contributed by atoms with Crippen LogP contribution in [0.25, 0.3) is 0 Å². The van der Waals surface area contributed by atoms with Gasteiger partial charge in [-0.3, -0.25) is 9.79 Å². The third kappa shape index (κ3) is 2.58. The summed E-state index contributed by atoms with van der Waals surface area (Å²) < 4.78 is 0. The van der Waals surface area contributed by atoms with E-state index in [4.69, 9.17) is 0 Å². The molecule has 16 heavy (non-hydrogen) atoms. The first-order valence-corrected chi connectivity index (χ1v) is 6.63. The second-order valence-corrected chi connectivity index (χ2v) is 4.76. The lowest BCUT2D eigenvalue weighted by Gasteiger charge is -2.15. The van der Waals surface area contributed by atoms with Crippen molar-refractivity contribution in [1.82, 2.24) is 10.2 Å². The van der Waals surface area contributed by atoms with Crippen molar-refractivity contribution >= 4 is 22.8 Å². The Morgan fingerprint density at radius 1 is 1.69 bits per heavy atom. The summed E-state index contributed by atoms with van der Waals surface area (Å²) in [5.74, 6) is 0.119. The Morgan fingerprint density at radius 2 is 2.56 bits per heavy atom. The third-order valence-electron chi connectivity index (χ3n) is 2.64. The number of rotatable bonds is 5. The molecule has 0 saturated carbocycles. The van der Waals surface area contributed by atoms with Crippen LogP contribution in [0.4, 0.5) is 0 Å². The standard InChI is InChI=1S/C11H17N3OS/c1-2-3-4-12-10(15)7-9-8-16-11-13-5-6-14(9)11/h8H,2-7H2,1H3,(H,12,15). The molecule has 0 saturated heterocycles. The van der Waals surface area contributed by atoms with Gasteiger partial charge < -0.3 is 10.2 Å². The Bertz CT molecular complexity index is 338. The maximum atomic E-state index is 11.6. The Hall–Kier alpha value is -0.970. The maximum Gasteiger partial charge on any atom is 0.225 e. The van der Waals surface area contributed by atoms with Crippen LogP contribution < -0.4 is 5.32 Å². The fourth-order valence-electron chi connectivity index (χ4n) is 1.75. The van der Waals surface area contributed by atoms with Gasteiger partial charge in [-0.25, -0.2) is 0 Å². The Morgan fingerprint density at radius 3 is 3.38 bits per heavy atom. The molecule has 5 heteroatoms. The van der Waals surface area contributed by atoms with E-state index >= 15 is 0 Å². The average Bonchev–Trinajstić information content (AvgIpc) is 2.83. The highest BCUT2D eigenvalue weighted by Crippen LogP contribution is 2.30. The lowest BCUT2D eigenvalue weighted by molar-refractivity contribution is -0.120. The quantitative estimate of drug-likeness (QED) is 0.740. The van der Waals surface area contributed by atoms with Crippen LogP contribution in [0.5, 0.6) is 0 Å². The molecule has 0 atom stereocenters. The number of aliphatic imine (C=N–C) groups is 1. The molecule has 0 aromatic rings. The summed E-state index contributed by atoms with van der Waals surface area (Å²) in [5, 5.41) is 6.03. The predicted molar refractivity (Wildman–Crippen MR) is 67.2 cm³/mol. The Balaban J connectivity index is 1.77. The first-order chi connectivity index (χ1) is 7.81. The fraction of sp³-hybridized carbons (Fsp3) is 0.636. The lowest BCUT2D eigenvalue weighted by atomic mass is 10.3. The van der Waals surface area contributed by atoms with E-state index in [1.807, 2.05) is 5.41 Å². The molecule has 0 bridgehead atoms. The maximum absolute atomic E-state index is 11.6. The zero-order valence-electron chi connectivity index (χ0n) is 9.53. The van der Waals surface area contributed by atoms with Crippen LogP contribution in [-0.4, -0.2) is 35.6 Å². The monoisotopic (exact) mass is 239 g/mol. The van der Waals surface area contributed by atoms with Gasteiger partial charge in [-0.05, 0) is 11.8 Å². The van der Waals surface area contributed by atoms with Gasteiger partial charge in [0.2, 0.25) is 5.91 Å².